The van der Waals surface area contributed by atoms with Gasteiger partial charge in [-0.25, -0.2) is 0 Å². The molecule has 3 N–H and O–H groups in total. The SMILES string of the molecule is NC(=O)c1ncccc1CC1C=C(c2cccc3c2CN(C2CCC(=O)NC2=O)C3=O)CC1. The van der Waals surface area contributed by atoms with Gasteiger partial charge in [-0.1, -0.05) is 24.3 Å². The van der Waals surface area contributed by atoms with Gasteiger partial charge >= 0.3 is 0 Å². The Labute approximate surface area is 190 Å². The molecule has 0 saturated carbocycles. The van der Waals surface area contributed by atoms with Crippen molar-refractivity contribution in [3.63, 3.8) is 0 Å². The van der Waals surface area contributed by atoms with Crippen molar-refractivity contribution in [1.29, 1.82) is 0 Å². The lowest BCUT2D eigenvalue weighted by Gasteiger charge is -2.29. The number of hydrogen-bond acceptors (Lipinski definition) is 5. The predicted octanol–water partition coefficient (Wildman–Crippen LogP) is 1.98. The summed E-state index contributed by atoms with van der Waals surface area (Å²) in [6, 6.07) is 8.76. The van der Waals surface area contributed by atoms with Crippen LogP contribution in [0.25, 0.3) is 5.57 Å². The zero-order valence-corrected chi connectivity index (χ0v) is 18.0. The number of nitrogens with two attached hydrogens (primary N) is 1. The second-order valence-electron chi connectivity index (χ2n) is 8.80. The number of hydrogen-bond donors (Lipinski definition) is 2. The maximum atomic E-state index is 13.1. The Balaban J connectivity index is 1.39. The van der Waals surface area contributed by atoms with Crippen LogP contribution in [0.5, 0.6) is 0 Å². The molecule has 1 aromatic carbocycles. The average molecular weight is 444 g/mol. The highest BCUT2D eigenvalue weighted by Crippen LogP contribution is 2.39. The Morgan fingerprint density at radius 3 is 2.70 bits per heavy atom. The molecule has 1 aliphatic carbocycles. The Bertz CT molecular complexity index is 1220. The van der Waals surface area contributed by atoms with Crippen molar-refractivity contribution in [3.8, 4) is 0 Å². The highest BCUT2D eigenvalue weighted by atomic mass is 16.2. The molecule has 33 heavy (non-hydrogen) atoms. The predicted molar refractivity (Wildman–Crippen MR) is 120 cm³/mol. The highest BCUT2D eigenvalue weighted by Gasteiger charge is 2.40. The van der Waals surface area contributed by atoms with Crippen molar-refractivity contribution in [2.45, 2.75) is 44.7 Å². The number of fused-ring (bicyclic) bond motifs is 1. The molecule has 0 radical (unpaired) electrons. The molecule has 3 heterocycles. The largest absolute Gasteiger partial charge is 0.364 e. The third-order valence-corrected chi connectivity index (χ3v) is 6.76. The van der Waals surface area contributed by atoms with Crippen LogP contribution in [0.15, 0.2) is 42.6 Å². The molecule has 3 aliphatic rings. The number of amides is 4. The van der Waals surface area contributed by atoms with Crippen molar-refractivity contribution in [2.24, 2.45) is 11.7 Å². The molecule has 2 unspecified atom stereocenters. The monoisotopic (exact) mass is 444 g/mol. The number of piperidine rings is 1. The zero-order chi connectivity index (χ0) is 23.1. The summed E-state index contributed by atoms with van der Waals surface area (Å²) < 4.78 is 0. The van der Waals surface area contributed by atoms with Crippen molar-refractivity contribution in [3.05, 3.63) is 70.6 Å². The first-order valence-corrected chi connectivity index (χ1v) is 11.1. The summed E-state index contributed by atoms with van der Waals surface area (Å²) >= 11 is 0. The van der Waals surface area contributed by atoms with E-state index in [2.05, 4.69) is 16.4 Å². The molecule has 1 fully saturated rings. The van der Waals surface area contributed by atoms with Crippen LogP contribution in [0.4, 0.5) is 0 Å². The van der Waals surface area contributed by atoms with Gasteiger partial charge in [0.1, 0.15) is 11.7 Å². The third kappa shape index (κ3) is 3.82. The van der Waals surface area contributed by atoms with E-state index in [9.17, 15) is 19.2 Å². The van der Waals surface area contributed by atoms with Crippen LogP contribution < -0.4 is 11.1 Å². The summed E-state index contributed by atoms with van der Waals surface area (Å²) in [5.41, 5.74) is 10.4. The van der Waals surface area contributed by atoms with E-state index in [4.69, 9.17) is 5.73 Å². The van der Waals surface area contributed by atoms with Crippen LogP contribution in [0.1, 0.15) is 63.2 Å². The number of imide groups is 1. The first kappa shape index (κ1) is 21.1. The number of rotatable bonds is 5. The van der Waals surface area contributed by atoms with Gasteiger partial charge in [0.05, 0.1) is 0 Å². The van der Waals surface area contributed by atoms with Gasteiger partial charge in [0.15, 0.2) is 0 Å². The summed E-state index contributed by atoms with van der Waals surface area (Å²) in [4.78, 5) is 54.4. The van der Waals surface area contributed by atoms with E-state index < -0.39 is 17.9 Å². The molecule has 8 nitrogen and oxygen atoms in total. The van der Waals surface area contributed by atoms with Crippen molar-refractivity contribution >= 4 is 29.2 Å². The molecule has 5 rings (SSSR count). The second-order valence-corrected chi connectivity index (χ2v) is 8.80. The first-order valence-electron chi connectivity index (χ1n) is 11.1. The molecular formula is C25H24N4O4. The lowest BCUT2D eigenvalue weighted by molar-refractivity contribution is -0.136. The minimum Gasteiger partial charge on any atom is -0.364 e. The highest BCUT2D eigenvalue weighted by molar-refractivity contribution is 6.06. The van der Waals surface area contributed by atoms with Crippen molar-refractivity contribution in [1.82, 2.24) is 15.2 Å². The minimum atomic E-state index is -0.626. The number of pyridine rings is 1. The average Bonchev–Trinajstić information content (AvgIpc) is 3.39. The molecular weight excluding hydrogens is 420 g/mol. The normalized spacial score (nSPS) is 22.2. The molecule has 8 heteroatoms. The Kier molecular flexibility index (Phi) is 5.28. The van der Waals surface area contributed by atoms with Gasteiger partial charge in [0.2, 0.25) is 11.8 Å². The lowest BCUT2D eigenvalue weighted by Crippen LogP contribution is -2.52. The van der Waals surface area contributed by atoms with Crippen LogP contribution in [0, 0.1) is 5.92 Å². The van der Waals surface area contributed by atoms with E-state index in [1.807, 2.05) is 18.2 Å². The number of carbonyl (C=O) groups excluding carboxylic acids is 4. The molecule has 2 aromatic rings. The van der Waals surface area contributed by atoms with Crippen LogP contribution in [-0.2, 0) is 22.6 Å². The van der Waals surface area contributed by atoms with E-state index in [0.29, 0.717) is 30.6 Å². The fraction of sp³-hybridized carbons (Fsp3) is 0.320. The first-order chi connectivity index (χ1) is 15.9. The summed E-state index contributed by atoms with van der Waals surface area (Å²) in [6.07, 6.45) is 6.82. The smallest absolute Gasteiger partial charge is 0.267 e. The second kappa shape index (κ2) is 8.27. The van der Waals surface area contributed by atoms with Crippen LogP contribution in [-0.4, -0.2) is 39.6 Å². The number of allylic oxidation sites excluding steroid dienone is 2. The zero-order valence-electron chi connectivity index (χ0n) is 18.0. The Hall–Kier alpha value is -3.81. The molecule has 2 atom stereocenters. The fourth-order valence-corrected chi connectivity index (χ4v) is 5.17. The maximum Gasteiger partial charge on any atom is 0.267 e. The number of aromatic nitrogens is 1. The van der Waals surface area contributed by atoms with Crippen LogP contribution in [0.2, 0.25) is 0 Å². The Morgan fingerprint density at radius 1 is 1.09 bits per heavy atom. The summed E-state index contributed by atoms with van der Waals surface area (Å²) in [5.74, 6) is -1.16. The minimum absolute atomic E-state index is 0.169. The maximum absolute atomic E-state index is 13.1. The molecule has 1 saturated heterocycles. The molecule has 168 valence electrons. The van der Waals surface area contributed by atoms with Gasteiger partial charge in [-0.15, -0.1) is 0 Å². The topological polar surface area (TPSA) is 122 Å². The van der Waals surface area contributed by atoms with Gasteiger partial charge in [-0.3, -0.25) is 29.5 Å². The van der Waals surface area contributed by atoms with Gasteiger partial charge in [0, 0.05) is 24.7 Å². The van der Waals surface area contributed by atoms with E-state index in [0.717, 1.165) is 29.5 Å². The van der Waals surface area contributed by atoms with E-state index in [1.165, 1.54) is 5.57 Å². The van der Waals surface area contributed by atoms with Crippen LogP contribution in [0.3, 0.4) is 0 Å². The van der Waals surface area contributed by atoms with Crippen molar-refractivity contribution < 1.29 is 19.2 Å². The number of nitrogens with zero attached hydrogens (tertiary/aromatic N) is 2. The summed E-state index contributed by atoms with van der Waals surface area (Å²) in [5, 5.41) is 2.34. The number of carbonyl (C=O) groups is 4. The number of primary amides is 1. The quantitative estimate of drug-likeness (QED) is 0.683. The van der Waals surface area contributed by atoms with E-state index in [-0.39, 0.29) is 24.2 Å². The van der Waals surface area contributed by atoms with Gasteiger partial charge in [0.25, 0.3) is 11.8 Å². The van der Waals surface area contributed by atoms with Crippen molar-refractivity contribution in [2.75, 3.05) is 0 Å². The molecule has 0 bridgehead atoms. The van der Waals surface area contributed by atoms with E-state index in [1.54, 1.807) is 23.2 Å². The number of benzene rings is 1. The molecule has 1 aromatic heterocycles. The van der Waals surface area contributed by atoms with Gasteiger partial charge in [-0.2, -0.15) is 0 Å². The Morgan fingerprint density at radius 2 is 1.91 bits per heavy atom. The molecule has 4 amide bonds. The number of nitrogens with one attached hydrogen (secondary N) is 1. The summed E-state index contributed by atoms with van der Waals surface area (Å²) in [6.45, 7) is 0.354. The van der Waals surface area contributed by atoms with Gasteiger partial charge in [-0.05, 0) is 66.0 Å². The fourth-order valence-electron chi connectivity index (χ4n) is 5.17. The standard InChI is InChI=1S/C25H24N4O4/c26-23(31)22-16(3-2-10-27-22)12-14-6-7-15(11-14)17-4-1-5-18-19(17)13-29(25(18)33)20-8-9-21(30)28-24(20)32/h1-5,10-11,14,20H,6-9,12-13H2,(H2,26,31)(H,28,30,32). The lowest BCUT2D eigenvalue weighted by atomic mass is 9.96. The van der Waals surface area contributed by atoms with Crippen LogP contribution >= 0.6 is 0 Å². The summed E-state index contributed by atoms with van der Waals surface area (Å²) in [7, 11) is 0. The molecule has 0 spiro atoms. The molecule has 2 aliphatic heterocycles. The van der Waals surface area contributed by atoms with Gasteiger partial charge < -0.3 is 10.6 Å². The third-order valence-electron chi connectivity index (χ3n) is 6.76. The van der Waals surface area contributed by atoms with E-state index >= 15 is 0 Å².